The number of ketones is 1. The zero-order valence-electron chi connectivity index (χ0n) is 17.0. The molecule has 0 spiro atoms. The number of amides is 1. The highest BCUT2D eigenvalue weighted by molar-refractivity contribution is 5.92. The quantitative estimate of drug-likeness (QED) is 0.550. The van der Waals surface area contributed by atoms with Gasteiger partial charge in [-0.3, -0.25) is 4.79 Å². The van der Waals surface area contributed by atoms with Gasteiger partial charge in [0.15, 0.2) is 18.1 Å². The van der Waals surface area contributed by atoms with Crippen LogP contribution in [0.3, 0.4) is 0 Å². The van der Waals surface area contributed by atoms with Crippen LogP contribution in [-0.4, -0.2) is 45.7 Å². The van der Waals surface area contributed by atoms with E-state index in [4.69, 9.17) is 18.9 Å². The van der Waals surface area contributed by atoms with Crippen LogP contribution < -0.4 is 19.5 Å². The van der Waals surface area contributed by atoms with E-state index >= 15 is 0 Å². The van der Waals surface area contributed by atoms with Crippen LogP contribution in [0.1, 0.15) is 18.9 Å². The molecule has 0 radical (unpaired) electrons. The van der Waals surface area contributed by atoms with E-state index in [0.717, 1.165) is 5.56 Å². The van der Waals surface area contributed by atoms with Crippen molar-refractivity contribution in [2.45, 2.75) is 19.8 Å². The molecule has 156 valence electrons. The number of hydrogen-bond donors (Lipinski definition) is 1. The van der Waals surface area contributed by atoms with Crippen molar-refractivity contribution in [1.29, 1.82) is 0 Å². The number of rotatable bonds is 12. The summed E-state index contributed by atoms with van der Waals surface area (Å²) in [6, 6.07) is 12.5. The summed E-state index contributed by atoms with van der Waals surface area (Å²) < 4.78 is 21.4. The standard InChI is InChI=1S/C22H27NO6/c1-16(24)4-5-17-6-9-19(10-7-17)29-15-22(25)23-18-8-11-20(27-3)21(14-18)28-13-12-26-2/h6-11,14H,4-5,12-13,15H2,1-3H3,(H,23,25). The normalized spacial score (nSPS) is 10.3. The molecule has 0 bridgehead atoms. The molecule has 0 aliphatic heterocycles. The fourth-order valence-corrected chi connectivity index (χ4v) is 2.52. The van der Waals surface area contributed by atoms with E-state index in [1.165, 1.54) is 0 Å². The summed E-state index contributed by atoms with van der Waals surface area (Å²) in [4.78, 5) is 23.2. The largest absolute Gasteiger partial charge is 0.493 e. The Labute approximate surface area is 170 Å². The number of carbonyl (C=O) groups is 2. The number of benzene rings is 2. The first-order valence-corrected chi connectivity index (χ1v) is 9.32. The van der Waals surface area contributed by atoms with Crippen molar-refractivity contribution < 1.29 is 28.5 Å². The molecule has 0 aliphatic rings. The third-order valence-corrected chi connectivity index (χ3v) is 4.05. The van der Waals surface area contributed by atoms with Gasteiger partial charge >= 0.3 is 0 Å². The summed E-state index contributed by atoms with van der Waals surface area (Å²) in [5, 5.41) is 2.77. The molecule has 29 heavy (non-hydrogen) atoms. The van der Waals surface area contributed by atoms with E-state index in [2.05, 4.69) is 5.32 Å². The van der Waals surface area contributed by atoms with Crippen molar-refractivity contribution in [2.24, 2.45) is 0 Å². The van der Waals surface area contributed by atoms with Gasteiger partial charge in [-0.1, -0.05) is 12.1 Å². The molecule has 0 aliphatic carbocycles. The fraction of sp³-hybridized carbons (Fsp3) is 0.364. The van der Waals surface area contributed by atoms with Crippen LogP contribution in [0.2, 0.25) is 0 Å². The number of anilines is 1. The maximum absolute atomic E-state index is 12.2. The Morgan fingerprint density at radius 2 is 1.69 bits per heavy atom. The van der Waals surface area contributed by atoms with Gasteiger partial charge in [-0.2, -0.15) is 0 Å². The monoisotopic (exact) mass is 401 g/mol. The molecule has 0 atom stereocenters. The minimum absolute atomic E-state index is 0.126. The minimum atomic E-state index is -0.293. The van der Waals surface area contributed by atoms with Crippen molar-refractivity contribution in [3.63, 3.8) is 0 Å². The number of Topliss-reactive ketones (excluding diaryl/α,β-unsaturated/α-hetero) is 1. The number of hydrogen-bond acceptors (Lipinski definition) is 6. The topological polar surface area (TPSA) is 83.1 Å². The first-order valence-electron chi connectivity index (χ1n) is 9.32. The molecule has 0 heterocycles. The second kappa shape index (κ2) is 11.7. The molecule has 2 aromatic carbocycles. The summed E-state index contributed by atoms with van der Waals surface area (Å²) >= 11 is 0. The fourth-order valence-electron chi connectivity index (χ4n) is 2.52. The van der Waals surface area contributed by atoms with E-state index < -0.39 is 0 Å². The van der Waals surface area contributed by atoms with Crippen molar-refractivity contribution in [3.05, 3.63) is 48.0 Å². The Kier molecular flexibility index (Phi) is 8.98. The summed E-state index contributed by atoms with van der Waals surface area (Å²) in [5.74, 6) is 1.54. The van der Waals surface area contributed by atoms with E-state index in [1.807, 2.05) is 12.1 Å². The summed E-state index contributed by atoms with van der Waals surface area (Å²) in [5.41, 5.74) is 1.63. The van der Waals surface area contributed by atoms with Crippen LogP contribution in [0, 0.1) is 0 Å². The van der Waals surface area contributed by atoms with Crippen LogP contribution in [-0.2, 0) is 20.7 Å². The van der Waals surface area contributed by atoms with Gasteiger partial charge in [0, 0.05) is 25.3 Å². The van der Waals surface area contributed by atoms with E-state index in [1.54, 1.807) is 51.5 Å². The Morgan fingerprint density at radius 1 is 0.931 bits per heavy atom. The molecular weight excluding hydrogens is 374 g/mol. The molecule has 2 rings (SSSR count). The van der Waals surface area contributed by atoms with Crippen molar-refractivity contribution in [2.75, 3.05) is 39.4 Å². The van der Waals surface area contributed by atoms with Crippen molar-refractivity contribution >= 4 is 17.4 Å². The molecule has 0 saturated carbocycles. The van der Waals surface area contributed by atoms with Gasteiger partial charge in [0.2, 0.25) is 0 Å². The predicted octanol–water partition coefficient (Wildman–Crippen LogP) is 3.26. The molecule has 1 N–H and O–H groups in total. The third kappa shape index (κ3) is 7.83. The van der Waals surface area contributed by atoms with E-state index in [-0.39, 0.29) is 18.3 Å². The van der Waals surface area contributed by atoms with Crippen molar-refractivity contribution in [1.82, 2.24) is 0 Å². The zero-order chi connectivity index (χ0) is 21.1. The number of methoxy groups -OCH3 is 2. The summed E-state index contributed by atoms with van der Waals surface area (Å²) in [6.45, 7) is 2.27. The molecule has 0 unspecified atom stereocenters. The minimum Gasteiger partial charge on any atom is -0.493 e. The van der Waals surface area contributed by atoms with Gasteiger partial charge in [-0.15, -0.1) is 0 Å². The molecule has 7 heteroatoms. The highest BCUT2D eigenvalue weighted by atomic mass is 16.5. The molecule has 0 saturated heterocycles. The summed E-state index contributed by atoms with van der Waals surface area (Å²) in [7, 11) is 3.15. The Morgan fingerprint density at radius 3 is 2.34 bits per heavy atom. The number of ether oxygens (including phenoxy) is 4. The van der Waals surface area contributed by atoms with Crippen LogP contribution in [0.15, 0.2) is 42.5 Å². The highest BCUT2D eigenvalue weighted by Gasteiger charge is 2.09. The lowest BCUT2D eigenvalue weighted by molar-refractivity contribution is -0.118. The number of carbonyl (C=O) groups excluding carboxylic acids is 2. The SMILES string of the molecule is COCCOc1cc(NC(=O)COc2ccc(CCC(C)=O)cc2)ccc1OC. The first kappa shape index (κ1) is 22.2. The van der Waals surface area contributed by atoms with Gasteiger partial charge in [0.1, 0.15) is 18.1 Å². The number of aryl methyl sites for hydroxylation is 1. The van der Waals surface area contributed by atoms with Crippen LogP contribution in [0.25, 0.3) is 0 Å². The van der Waals surface area contributed by atoms with Gasteiger partial charge < -0.3 is 29.1 Å². The zero-order valence-corrected chi connectivity index (χ0v) is 17.0. The highest BCUT2D eigenvalue weighted by Crippen LogP contribution is 2.30. The Hall–Kier alpha value is -3.06. The third-order valence-electron chi connectivity index (χ3n) is 4.05. The Bertz CT molecular complexity index is 803. The van der Waals surface area contributed by atoms with Gasteiger partial charge in [-0.05, 0) is 43.2 Å². The maximum atomic E-state index is 12.2. The van der Waals surface area contributed by atoms with Gasteiger partial charge in [0.25, 0.3) is 5.91 Å². The average molecular weight is 401 g/mol. The van der Waals surface area contributed by atoms with Crippen LogP contribution in [0.5, 0.6) is 17.2 Å². The van der Waals surface area contributed by atoms with Crippen molar-refractivity contribution in [3.8, 4) is 17.2 Å². The van der Waals surface area contributed by atoms with Gasteiger partial charge in [0.05, 0.1) is 13.7 Å². The van der Waals surface area contributed by atoms with E-state index in [0.29, 0.717) is 49.0 Å². The second-order valence-corrected chi connectivity index (χ2v) is 6.39. The molecule has 7 nitrogen and oxygen atoms in total. The van der Waals surface area contributed by atoms with Crippen LogP contribution >= 0.6 is 0 Å². The lowest BCUT2D eigenvalue weighted by Crippen LogP contribution is -2.20. The Balaban J connectivity index is 1.86. The molecule has 0 aromatic heterocycles. The molecule has 2 aromatic rings. The molecule has 1 amide bonds. The van der Waals surface area contributed by atoms with Gasteiger partial charge in [-0.25, -0.2) is 0 Å². The lowest BCUT2D eigenvalue weighted by atomic mass is 10.1. The lowest BCUT2D eigenvalue weighted by Gasteiger charge is -2.13. The predicted molar refractivity (Wildman–Crippen MR) is 110 cm³/mol. The maximum Gasteiger partial charge on any atom is 0.262 e. The molecular formula is C22H27NO6. The van der Waals surface area contributed by atoms with Crippen LogP contribution in [0.4, 0.5) is 5.69 Å². The first-order chi connectivity index (χ1) is 14.0. The average Bonchev–Trinajstić information content (AvgIpc) is 2.72. The van der Waals surface area contributed by atoms with E-state index in [9.17, 15) is 9.59 Å². The second-order valence-electron chi connectivity index (χ2n) is 6.39. The molecule has 0 fully saturated rings. The smallest absolute Gasteiger partial charge is 0.262 e. The summed E-state index contributed by atoms with van der Waals surface area (Å²) in [6.07, 6.45) is 1.21. The number of nitrogens with one attached hydrogen (secondary N) is 1.